The van der Waals surface area contributed by atoms with Crippen molar-refractivity contribution in [1.82, 2.24) is 0 Å². The second-order valence-electron chi connectivity index (χ2n) is 3.51. The molecule has 2 N–H and O–H groups in total. The van der Waals surface area contributed by atoms with Crippen LogP contribution in [0.1, 0.15) is 19.8 Å². The molecule has 0 aliphatic heterocycles. The summed E-state index contributed by atoms with van der Waals surface area (Å²) in [6, 6.07) is 0. The van der Waals surface area contributed by atoms with E-state index in [1.807, 2.05) is 0 Å². The molecule has 0 rings (SSSR count). The van der Waals surface area contributed by atoms with Crippen molar-refractivity contribution in [1.29, 1.82) is 0 Å². The minimum absolute atomic E-state index is 0. The Morgan fingerprint density at radius 1 is 1.21 bits per heavy atom. The van der Waals surface area contributed by atoms with Crippen LogP contribution in [0.25, 0.3) is 0 Å². The van der Waals surface area contributed by atoms with Crippen LogP contribution in [0, 0.1) is 0 Å². The van der Waals surface area contributed by atoms with E-state index in [9.17, 15) is 34.5 Å². The van der Waals surface area contributed by atoms with Crippen LogP contribution < -0.4 is 10.2 Å². The fraction of sp³-hybridized carbons (Fsp3) is 0.556. The Morgan fingerprint density at radius 2 is 1.68 bits per heavy atom. The third-order valence-corrected chi connectivity index (χ3v) is 1.81. The number of carboxylic acids is 2. The SMILES string of the molecule is CC(O)C(=O)OC(=O)CC(O)(CC(=O)[O-])C(=O)[O-].[Ca+2]. The van der Waals surface area contributed by atoms with Gasteiger partial charge in [-0.2, -0.15) is 0 Å². The van der Waals surface area contributed by atoms with Crippen molar-refractivity contribution in [3.05, 3.63) is 0 Å². The van der Waals surface area contributed by atoms with Gasteiger partial charge < -0.3 is 34.8 Å². The average Bonchev–Trinajstić information content (AvgIpc) is 2.14. The van der Waals surface area contributed by atoms with Gasteiger partial charge in [-0.1, -0.05) is 0 Å². The molecule has 10 heteroatoms. The molecule has 2 atom stereocenters. The van der Waals surface area contributed by atoms with E-state index < -0.39 is 48.4 Å². The zero-order chi connectivity index (χ0) is 14.5. The second-order valence-corrected chi connectivity index (χ2v) is 3.51. The number of hydrogen-bond acceptors (Lipinski definition) is 9. The molecule has 0 aromatic rings. The molecule has 2 unspecified atom stereocenters. The third-order valence-electron chi connectivity index (χ3n) is 1.81. The van der Waals surface area contributed by atoms with Crippen molar-refractivity contribution in [2.24, 2.45) is 0 Å². The summed E-state index contributed by atoms with van der Waals surface area (Å²) in [7, 11) is 0. The number of esters is 2. The van der Waals surface area contributed by atoms with Gasteiger partial charge in [0.25, 0.3) is 0 Å². The molecule has 0 aliphatic rings. The second kappa shape index (κ2) is 8.43. The van der Waals surface area contributed by atoms with Gasteiger partial charge in [0.15, 0.2) is 0 Å². The molecule has 0 saturated heterocycles. The number of hydrogen-bond donors (Lipinski definition) is 2. The molecule has 19 heavy (non-hydrogen) atoms. The number of carbonyl (C=O) groups excluding carboxylic acids is 4. The molecule has 102 valence electrons. The Bertz CT molecular complexity index is 378. The molecule has 0 fully saturated rings. The molecule has 0 aromatic heterocycles. The first-order valence-corrected chi connectivity index (χ1v) is 4.65. The Balaban J connectivity index is 0. The van der Waals surface area contributed by atoms with E-state index in [0.717, 1.165) is 6.92 Å². The normalized spacial score (nSPS) is 14.5. The van der Waals surface area contributed by atoms with E-state index in [2.05, 4.69) is 4.74 Å². The van der Waals surface area contributed by atoms with Gasteiger partial charge in [-0.05, 0) is 6.92 Å². The maximum Gasteiger partial charge on any atom is 2.00 e. The molecule has 0 aliphatic carbocycles. The van der Waals surface area contributed by atoms with Crippen molar-refractivity contribution < 1.29 is 44.3 Å². The van der Waals surface area contributed by atoms with Crippen LogP contribution in [0.15, 0.2) is 0 Å². The van der Waals surface area contributed by atoms with Crippen LogP contribution in [-0.2, 0) is 23.9 Å². The summed E-state index contributed by atoms with van der Waals surface area (Å²) in [6.45, 7) is 0.988. The van der Waals surface area contributed by atoms with Gasteiger partial charge in [0.05, 0.1) is 12.4 Å². The number of aliphatic hydroxyl groups excluding tert-OH is 1. The van der Waals surface area contributed by atoms with Gasteiger partial charge in [0.1, 0.15) is 11.7 Å². The van der Waals surface area contributed by atoms with Crippen molar-refractivity contribution >= 4 is 61.6 Å². The average molecular weight is 302 g/mol. The number of rotatable bonds is 6. The smallest absolute Gasteiger partial charge is 0.550 e. The third kappa shape index (κ3) is 7.43. The van der Waals surface area contributed by atoms with E-state index in [1.54, 1.807) is 0 Å². The number of aliphatic carboxylic acids is 2. The van der Waals surface area contributed by atoms with Crippen molar-refractivity contribution in [3.63, 3.8) is 0 Å². The number of carbonyl (C=O) groups is 4. The van der Waals surface area contributed by atoms with Crippen LogP contribution >= 0.6 is 0 Å². The number of ether oxygens (including phenoxy) is 1. The van der Waals surface area contributed by atoms with Gasteiger partial charge in [-0.25, -0.2) is 4.79 Å². The first-order chi connectivity index (χ1) is 8.08. The van der Waals surface area contributed by atoms with E-state index in [1.165, 1.54) is 0 Å². The molecule has 0 amide bonds. The summed E-state index contributed by atoms with van der Waals surface area (Å²) in [6.07, 6.45) is -4.37. The summed E-state index contributed by atoms with van der Waals surface area (Å²) < 4.78 is 3.95. The predicted octanol–water partition coefficient (Wildman–Crippen LogP) is -4.93. The molecular weight excluding hydrogens is 292 g/mol. The molecular formula is C9H10CaO9. The van der Waals surface area contributed by atoms with E-state index in [4.69, 9.17) is 5.11 Å². The van der Waals surface area contributed by atoms with Gasteiger partial charge >= 0.3 is 49.7 Å². The van der Waals surface area contributed by atoms with E-state index in [-0.39, 0.29) is 37.7 Å². The minimum atomic E-state index is -3.05. The molecule has 0 aromatic carbocycles. The first kappa shape index (κ1) is 20.6. The first-order valence-electron chi connectivity index (χ1n) is 4.65. The molecule has 0 heterocycles. The van der Waals surface area contributed by atoms with Crippen LogP contribution in [-0.4, -0.2) is 83.5 Å². The summed E-state index contributed by atoms with van der Waals surface area (Å²) in [5.74, 6) is -7.05. The van der Waals surface area contributed by atoms with Crippen molar-refractivity contribution in [2.45, 2.75) is 31.5 Å². The molecule has 0 saturated carbocycles. The van der Waals surface area contributed by atoms with E-state index >= 15 is 0 Å². The standard InChI is InChI=1S/C9H12O9.Ca/c1-4(10)7(14)18-6(13)3-9(17,8(15)16)2-5(11)12;/h4,10,17H,2-3H2,1H3,(H,11,12)(H,15,16);/q;+2/p-2. The molecule has 0 radical (unpaired) electrons. The van der Waals surface area contributed by atoms with Crippen LogP contribution in [0.3, 0.4) is 0 Å². The summed E-state index contributed by atoms with van der Waals surface area (Å²) in [5, 5.41) is 38.8. The molecule has 0 bridgehead atoms. The fourth-order valence-electron chi connectivity index (χ4n) is 0.918. The van der Waals surface area contributed by atoms with Crippen molar-refractivity contribution in [2.75, 3.05) is 0 Å². The van der Waals surface area contributed by atoms with Crippen molar-refractivity contribution in [3.8, 4) is 0 Å². The maximum absolute atomic E-state index is 11.0. The number of aliphatic hydroxyl groups is 2. The Hall–Kier alpha value is -0.740. The zero-order valence-corrected chi connectivity index (χ0v) is 12.2. The predicted molar refractivity (Wildman–Crippen MR) is 52.7 cm³/mol. The van der Waals surface area contributed by atoms with Gasteiger partial charge in [0, 0.05) is 12.4 Å². The Labute approximate surface area is 137 Å². The van der Waals surface area contributed by atoms with Crippen LogP contribution in [0.4, 0.5) is 0 Å². The van der Waals surface area contributed by atoms with E-state index in [0.29, 0.717) is 0 Å². The topological polar surface area (TPSA) is 164 Å². The largest absolute Gasteiger partial charge is 2.00 e. The summed E-state index contributed by atoms with van der Waals surface area (Å²) in [4.78, 5) is 42.5. The number of carboxylic acid groups (broad SMARTS) is 2. The quantitative estimate of drug-likeness (QED) is 0.278. The fourth-order valence-corrected chi connectivity index (χ4v) is 0.918. The maximum atomic E-state index is 11.0. The Kier molecular flexibility index (Phi) is 9.13. The zero-order valence-electron chi connectivity index (χ0n) is 9.95. The van der Waals surface area contributed by atoms with Gasteiger partial charge in [-0.3, -0.25) is 4.79 Å². The summed E-state index contributed by atoms with van der Waals surface area (Å²) in [5.41, 5.74) is -3.05. The summed E-state index contributed by atoms with van der Waals surface area (Å²) >= 11 is 0. The van der Waals surface area contributed by atoms with Gasteiger partial charge in [-0.15, -0.1) is 0 Å². The monoisotopic (exact) mass is 302 g/mol. The Morgan fingerprint density at radius 3 is 2.00 bits per heavy atom. The molecule has 0 spiro atoms. The van der Waals surface area contributed by atoms with Crippen LogP contribution in [0.5, 0.6) is 0 Å². The molecule has 9 nitrogen and oxygen atoms in total. The van der Waals surface area contributed by atoms with Gasteiger partial charge in [0.2, 0.25) is 0 Å². The van der Waals surface area contributed by atoms with Crippen LogP contribution in [0.2, 0.25) is 0 Å². The minimum Gasteiger partial charge on any atom is -0.550 e.